The standard InChI is InChI=1S/C9H13O2.C9H11O2/c2*10-9(11)8-4-2-6-1-3-7(6)5-8/h4,7,9-11H,1-3,5H2;4,8H,1-3,5H2,(H,10,11). The summed E-state index contributed by atoms with van der Waals surface area (Å²) in [7, 11) is 0. The summed E-state index contributed by atoms with van der Waals surface area (Å²) in [5.41, 5.74) is 3.74. The van der Waals surface area contributed by atoms with Crippen LogP contribution in [-0.4, -0.2) is 27.6 Å². The van der Waals surface area contributed by atoms with Crippen LogP contribution < -0.4 is 0 Å². The number of rotatable bonds is 2. The molecule has 0 aromatic heterocycles. The highest BCUT2D eigenvalue weighted by Crippen LogP contribution is 2.46. The van der Waals surface area contributed by atoms with Gasteiger partial charge in [0.05, 0.1) is 5.92 Å². The van der Waals surface area contributed by atoms with Crippen LogP contribution in [0.5, 0.6) is 0 Å². The van der Waals surface area contributed by atoms with Crippen molar-refractivity contribution in [3.05, 3.63) is 35.1 Å². The summed E-state index contributed by atoms with van der Waals surface area (Å²) in [5, 5.41) is 26.5. The molecule has 3 N–H and O–H groups in total. The highest BCUT2D eigenvalue weighted by molar-refractivity contribution is 5.72. The summed E-state index contributed by atoms with van der Waals surface area (Å²) in [6.07, 6.45) is 11.1. The first-order chi connectivity index (χ1) is 10.5. The van der Waals surface area contributed by atoms with E-state index in [1.807, 2.05) is 12.5 Å². The van der Waals surface area contributed by atoms with E-state index < -0.39 is 12.3 Å². The Balaban J connectivity index is 0.000000131. The van der Waals surface area contributed by atoms with Crippen molar-refractivity contribution in [1.82, 2.24) is 0 Å². The fraction of sp³-hybridized carbons (Fsp3) is 0.611. The minimum Gasteiger partial charge on any atom is -0.481 e. The van der Waals surface area contributed by atoms with Crippen molar-refractivity contribution in [2.75, 3.05) is 0 Å². The number of carboxylic acids is 1. The molecule has 0 heterocycles. The molecule has 0 spiro atoms. The Labute approximate surface area is 131 Å². The fourth-order valence-corrected chi connectivity index (χ4v) is 3.70. The van der Waals surface area contributed by atoms with Crippen LogP contribution in [0, 0.1) is 24.2 Å². The fourth-order valence-electron chi connectivity index (χ4n) is 3.70. The van der Waals surface area contributed by atoms with Gasteiger partial charge in [-0.1, -0.05) is 17.2 Å². The number of allylic oxidation sites excluding steroid dienone is 3. The zero-order chi connectivity index (χ0) is 15.7. The summed E-state index contributed by atoms with van der Waals surface area (Å²) in [5.74, 6) is 1.42. The van der Waals surface area contributed by atoms with E-state index in [2.05, 4.69) is 0 Å². The molecule has 1 saturated carbocycles. The van der Waals surface area contributed by atoms with Crippen LogP contribution >= 0.6 is 0 Å². The molecule has 4 rings (SSSR count). The second-order valence-corrected chi connectivity index (χ2v) is 6.75. The van der Waals surface area contributed by atoms with Crippen LogP contribution in [0.1, 0.15) is 51.4 Å². The molecule has 0 bridgehead atoms. The molecular formula is C18H24O4. The zero-order valence-corrected chi connectivity index (χ0v) is 12.8. The van der Waals surface area contributed by atoms with Crippen LogP contribution in [0.4, 0.5) is 0 Å². The molecule has 0 amide bonds. The predicted molar refractivity (Wildman–Crippen MR) is 82.4 cm³/mol. The van der Waals surface area contributed by atoms with Crippen molar-refractivity contribution in [3.63, 3.8) is 0 Å². The van der Waals surface area contributed by atoms with E-state index >= 15 is 0 Å². The maximum absolute atomic E-state index is 10.6. The number of fused-ring (bicyclic) bond motifs is 1. The second-order valence-electron chi connectivity index (χ2n) is 6.75. The molecule has 4 aliphatic carbocycles. The van der Waals surface area contributed by atoms with Gasteiger partial charge in [0.2, 0.25) is 0 Å². The van der Waals surface area contributed by atoms with Crippen molar-refractivity contribution in [2.24, 2.45) is 11.8 Å². The molecule has 120 valence electrons. The van der Waals surface area contributed by atoms with Gasteiger partial charge in [-0.05, 0) is 75.2 Å². The lowest BCUT2D eigenvalue weighted by molar-refractivity contribution is -0.140. The van der Waals surface area contributed by atoms with Crippen molar-refractivity contribution in [3.8, 4) is 0 Å². The molecule has 0 saturated heterocycles. The largest absolute Gasteiger partial charge is 0.481 e. The third kappa shape index (κ3) is 3.28. The Morgan fingerprint density at radius 3 is 2.32 bits per heavy atom. The molecular weight excluding hydrogens is 280 g/mol. The lowest BCUT2D eigenvalue weighted by Gasteiger charge is -2.39. The van der Waals surface area contributed by atoms with Gasteiger partial charge in [0.25, 0.3) is 0 Å². The Bertz CT molecular complexity index is 503. The third-order valence-corrected chi connectivity index (χ3v) is 5.49. The first-order valence-electron chi connectivity index (χ1n) is 8.20. The molecule has 2 unspecified atom stereocenters. The second kappa shape index (κ2) is 6.55. The molecule has 0 aromatic carbocycles. The lowest BCUT2D eigenvalue weighted by atomic mass is 9.66. The van der Waals surface area contributed by atoms with Gasteiger partial charge in [-0.2, -0.15) is 0 Å². The normalized spacial score (nSPS) is 30.2. The van der Waals surface area contributed by atoms with Gasteiger partial charge >= 0.3 is 5.97 Å². The maximum atomic E-state index is 10.6. The molecule has 0 aromatic rings. The summed E-state index contributed by atoms with van der Waals surface area (Å²) in [6, 6.07) is 0. The van der Waals surface area contributed by atoms with Crippen LogP contribution in [0.2, 0.25) is 0 Å². The van der Waals surface area contributed by atoms with Crippen LogP contribution in [0.25, 0.3) is 0 Å². The average molecular weight is 304 g/mol. The number of aliphatic carboxylic acids is 1. The highest BCUT2D eigenvalue weighted by Gasteiger charge is 2.34. The highest BCUT2D eigenvalue weighted by atomic mass is 16.5. The minimum atomic E-state index is -1.21. The van der Waals surface area contributed by atoms with Crippen molar-refractivity contribution in [2.45, 2.75) is 57.7 Å². The van der Waals surface area contributed by atoms with E-state index in [-0.39, 0.29) is 5.92 Å². The quantitative estimate of drug-likeness (QED) is 0.541. The first kappa shape index (κ1) is 15.8. The van der Waals surface area contributed by atoms with Crippen LogP contribution in [0.15, 0.2) is 22.8 Å². The van der Waals surface area contributed by atoms with Gasteiger partial charge in [0.15, 0.2) is 6.29 Å². The Kier molecular flexibility index (Phi) is 4.69. The van der Waals surface area contributed by atoms with Gasteiger partial charge in [0, 0.05) is 0 Å². The third-order valence-electron chi connectivity index (χ3n) is 5.49. The van der Waals surface area contributed by atoms with Gasteiger partial charge in [-0.25, -0.2) is 0 Å². The SMILES string of the molecule is O=C(O)C1[CH]CC2=C(CC2)C1.OC(O)C1=CC[C]2CCC2C1. The molecule has 4 aliphatic rings. The molecule has 4 nitrogen and oxygen atoms in total. The smallest absolute Gasteiger partial charge is 0.307 e. The van der Waals surface area contributed by atoms with E-state index in [9.17, 15) is 4.79 Å². The summed E-state index contributed by atoms with van der Waals surface area (Å²) < 4.78 is 0. The maximum Gasteiger partial charge on any atom is 0.307 e. The number of hydrogen-bond acceptors (Lipinski definition) is 3. The van der Waals surface area contributed by atoms with Crippen molar-refractivity contribution >= 4 is 5.97 Å². The predicted octanol–water partition coefficient (Wildman–Crippen LogP) is 2.78. The van der Waals surface area contributed by atoms with E-state index in [0.717, 1.165) is 37.7 Å². The molecule has 4 heteroatoms. The van der Waals surface area contributed by atoms with Crippen LogP contribution in [0.3, 0.4) is 0 Å². The topological polar surface area (TPSA) is 77.8 Å². The number of aliphatic hydroxyl groups is 2. The summed E-state index contributed by atoms with van der Waals surface area (Å²) in [4.78, 5) is 10.6. The summed E-state index contributed by atoms with van der Waals surface area (Å²) >= 11 is 0. The van der Waals surface area contributed by atoms with E-state index in [0.29, 0.717) is 5.92 Å². The van der Waals surface area contributed by atoms with Crippen molar-refractivity contribution < 1.29 is 20.1 Å². The number of aliphatic hydroxyl groups excluding tert-OH is 1. The monoisotopic (exact) mass is 304 g/mol. The Hall–Kier alpha value is -1.13. The molecule has 0 aliphatic heterocycles. The Morgan fingerprint density at radius 2 is 1.86 bits per heavy atom. The van der Waals surface area contributed by atoms with E-state index in [1.54, 1.807) is 5.92 Å². The Morgan fingerprint density at radius 1 is 1.09 bits per heavy atom. The average Bonchev–Trinajstić information content (AvgIpc) is 2.42. The number of carbonyl (C=O) groups is 1. The zero-order valence-electron chi connectivity index (χ0n) is 12.8. The van der Waals surface area contributed by atoms with Gasteiger partial charge in [-0.3, -0.25) is 4.79 Å². The van der Waals surface area contributed by atoms with E-state index in [1.165, 1.54) is 30.4 Å². The van der Waals surface area contributed by atoms with Gasteiger partial charge in [0.1, 0.15) is 0 Å². The molecule has 1 fully saturated rings. The van der Waals surface area contributed by atoms with Gasteiger partial charge < -0.3 is 15.3 Å². The van der Waals surface area contributed by atoms with Crippen molar-refractivity contribution in [1.29, 1.82) is 0 Å². The van der Waals surface area contributed by atoms with Gasteiger partial charge in [-0.15, -0.1) is 0 Å². The minimum absolute atomic E-state index is 0.200. The van der Waals surface area contributed by atoms with Crippen LogP contribution in [-0.2, 0) is 4.79 Å². The number of hydrogen-bond donors (Lipinski definition) is 3. The van der Waals surface area contributed by atoms with E-state index in [4.69, 9.17) is 15.3 Å². The first-order valence-corrected chi connectivity index (χ1v) is 8.20. The number of carboxylic acid groups (broad SMARTS) is 1. The molecule has 2 radical (unpaired) electrons. The summed E-state index contributed by atoms with van der Waals surface area (Å²) in [6.45, 7) is 0. The lowest BCUT2D eigenvalue weighted by Crippen LogP contribution is -2.29. The molecule has 22 heavy (non-hydrogen) atoms. The molecule has 2 atom stereocenters.